The number of ether oxygens (including phenoxy) is 1. The Bertz CT molecular complexity index is 887. The van der Waals surface area contributed by atoms with Gasteiger partial charge >= 0.3 is 0 Å². The van der Waals surface area contributed by atoms with Gasteiger partial charge in [0.05, 0.1) is 5.76 Å². The Morgan fingerprint density at radius 1 is 1.14 bits per heavy atom. The van der Waals surface area contributed by atoms with Crippen LogP contribution < -0.4 is 0 Å². The molecular formula is C33H55NO. The van der Waals surface area contributed by atoms with Crippen LogP contribution in [-0.2, 0) is 16.6 Å². The van der Waals surface area contributed by atoms with Crippen LogP contribution in [0, 0.1) is 10.8 Å². The summed E-state index contributed by atoms with van der Waals surface area (Å²) in [6, 6.07) is 7.23. The molecule has 1 fully saturated rings. The smallest absolute Gasteiger partial charge is 0.101 e. The van der Waals surface area contributed by atoms with Crippen LogP contribution in [0.3, 0.4) is 0 Å². The van der Waals surface area contributed by atoms with Gasteiger partial charge in [0.2, 0.25) is 0 Å². The van der Waals surface area contributed by atoms with Gasteiger partial charge in [-0.3, -0.25) is 0 Å². The Morgan fingerprint density at radius 2 is 1.77 bits per heavy atom. The number of benzene rings is 1. The second-order valence-electron chi connectivity index (χ2n) is 13.8. The van der Waals surface area contributed by atoms with Crippen LogP contribution in [0.5, 0.6) is 0 Å². The quantitative estimate of drug-likeness (QED) is 0.258. The lowest BCUT2D eigenvalue weighted by molar-refractivity contribution is 0.0332. The molecule has 2 nitrogen and oxygen atoms in total. The maximum Gasteiger partial charge on any atom is 0.101 e. The molecule has 198 valence electrons. The third-order valence-electron chi connectivity index (χ3n) is 8.67. The highest BCUT2D eigenvalue weighted by atomic mass is 16.5. The fraction of sp³-hybridized carbons (Fsp3) is 0.697. The zero-order chi connectivity index (χ0) is 26.8. The molecule has 0 spiro atoms. The van der Waals surface area contributed by atoms with Crippen LogP contribution in [0.4, 0.5) is 0 Å². The molecule has 1 aliphatic heterocycles. The van der Waals surface area contributed by atoms with Gasteiger partial charge in [-0.25, -0.2) is 0 Å². The zero-order valence-electron chi connectivity index (χ0n) is 25.0. The van der Waals surface area contributed by atoms with Gasteiger partial charge in [0.1, 0.15) is 6.10 Å². The lowest BCUT2D eigenvalue weighted by Gasteiger charge is -2.38. The number of rotatable bonds is 9. The predicted octanol–water partition coefficient (Wildman–Crippen LogP) is 9.05. The normalized spacial score (nSPS) is 23.1. The lowest BCUT2D eigenvalue weighted by atomic mass is 9.75. The van der Waals surface area contributed by atoms with Crippen molar-refractivity contribution in [3.8, 4) is 0 Å². The number of likely N-dealkylation sites (tertiary alicyclic amines) is 1. The first-order chi connectivity index (χ1) is 16.0. The molecule has 0 aromatic heterocycles. The highest BCUT2D eigenvalue weighted by Crippen LogP contribution is 2.42. The second-order valence-corrected chi connectivity index (χ2v) is 13.8. The molecule has 0 radical (unpaired) electrons. The maximum atomic E-state index is 6.81. The summed E-state index contributed by atoms with van der Waals surface area (Å²) in [5.74, 6) is 1.42. The minimum atomic E-state index is -0.282. The highest BCUT2D eigenvalue weighted by molar-refractivity contribution is 5.37. The van der Waals surface area contributed by atoms with Gasteiger partial charge in [-0.1, -0.05) is 86.2 Å². The van der Waals surface area contributed by atoms with Crippen LogP contribution in [0.2, 0.25) is 0 Å². The molecule has 1 aromatic carbocycles. The van der Waals surface area contributed by atoms with E-state index in [0.717, 1.165) is 44.4 Å². The monoisotopic (exact) mass is 481 g/mol. The first-order valence-electron chi connectivity index (χ1n) is 13.8. The molecule has 0 amide bonds. The van der Waals surface area contributed by atoms with Gasteiger partial charge in [0, 0.05) is 23.9 Å². The van der Waals surface area contributed by atoms with Crippen molar-refractivity contribution >= 4 is 0 Å². The number of allylic oxidation sites excluding steroid dienone is 1. The summed E-state index contributed by atoms with van der Waals surface area (Å²) in [7, 11) is 2.25. The zero-order valence-corrected chi connectivity index (χ0v) is 25.0. The van der Waals surface area contributed by atoms with E-state index in [2.05, 4.69) is 119 Å². The van der Waals surface area contributed by atoms with E-state index in [1.165, 1.54) is 16.7 Å². The number of nitrogens with zero attached hydrogens (tertiary/aromatic N) is 1. The van der Waals surface area contributed by atoms with Crippen molar-refractivity contribution in [1.82, 2.24) is 4.90 Å². The van der Waals surface area contributed by atoms with Crippen molar-refractivity contribution in [2.24, 2.45) is 10.8 Å². The summed E-state index contributed by atoms with van der Waals surface area (Å²) in [6.45, 7) is 33.1. The average Bonchev–Trinajstić information content (AvgIpc) is 2.82. The molecule has 3 unspecified atom stereocenters. The molecule has 35 heavy (non-hydrogen) atoms. The SMILES string of the molecule is C=CC(CC)(Cc1cc(C(C)CC)cc(C(C)(C)C)c1)C(=C)OC1CC(C)(C)CN(C)C(C)(C)C1. The molecule has 1 heterocycles. The largest absolute Gasteiger partial charge is 0.494 e. The Hall–Kier alpha value is -1.54. The van der Waals surface area contributed by atoms with Crippen LogP contribution in [-0.4, -0.2) is 30.1 Å². The Kier molecular flexibility index (Phi) is 9.19. The van der Waals surface area contributed by atoms with E-state index in [4.69, 9.17) is 4.74 Å². The van der Waals surface area contributed by atoms with E-state index in [1.54, 1.807) is 0 Å². The molecule has 1 aromatic rings. The summed E-state index contributed by atoms with van der Waals surface area (Å²) in [4.78, 5) is 2.49. The van der Waals surface area contributed by atoms with Gasteiger partial charge in [-0.15, -0.1) is 6.58 Å². The third kappa shape index (κ3) is 7.25. The van der Waals surface area contributed by atoms with E-state index >= 15 is 0 Å². The summed E-state index contributed by atoms with van der Waals surface area (Å²) >= 11 is 0. The first kappa shape index (κ1) is 29.7. The van der Waals surface area contributed by atoms with E-state index in [-0.39, 0.29) is 27.9 Å². The van der Waals surface area contributed by atoms with Crippen molar-refractivity contribution in [3.05, 3.63) is 59.9 Å². The summed E-state index contributed by atoms with van der Waals surface area (Å²) in [6.07, 6.45) is 7.23. The fourth-order valence-corrected chi connectivity index (χ4v) is 5.61. The van der Waals surface area contributed by atoms with Crippen molar-refractivity contribution < 1.29 is 4.74 Å². The summed E-state index contributed by atoms with van der Waals surface area (Å²) in [5, 5.41) is 0. The minimum absolute atomic E-state index is 0.0913. The molecule has 1 aliphatic rings. The van der Waals surface area contributed by atoms with E-state index in [9.17, 15) is 0 Å². The fourth-order valence-electron chi connectivity index (χ4n) is 5.61. The molecule has 0 N–H and O–H groups in total. The van der Waals surface area contributed by atoms with Gasteiger partial charge in [-0.05, 0) is 80.0 Å². The van der Waals surface area contributed by atoms with Crippen LogP contribution in [0.15, 0.2) is 43.2 Å². The molecule has 2 heteroatoms. The third-order valence-corrected chi connectivity index (χ3v) is 8.67. The molecule has 1 saturated heterocycles. The topological polar surface area (TPSA) is 12.5 Å². The Labute approximate surface area is 218 Å². The van der Waals surface area contributed by atoms with E-state index in [1.807, 2.05) is 0 Å². The molecule has 3 atom stereocenters. The Morgan fingerprint density at radius 3 is 2.29 bits per heavy atom. The first-order valence-corrected chi connectivity index (χ1v) is 13.8. The van der Waals surface area contributed by atoms with Gasteiger partial charge < -0.3 is 9.64 Å². The molecule has 0 bridgehead atoms. The lowest BCUT2D eigenvalue weighted by Crippen LogP contribution is -2.44. The Balaban J connectivity index is 2.40. The minimum Gasteiger partial charge on any atom is -0.494 e. The molecule has 0 saturated carbocycles. The van der Waals surface area contributed by atoms with Crippen molar-refractivity contribution in [2.45, 2.75) is 124 Å². The molecule has 0 aliphatic carbocycles. The second kappa shape index (κ2) is 10.8. The summed E-state index contributed by atoms with van der Waals surface area (Å²) < 4.78 is 6.81. The average molecular weight is 482 g/mol. The van der Waals surface area contributed by atoms with Crippen molar-refractivity contribution in [3.63, 3.8) is 0 Å². The van der Waals surface area contributed by atoms with E-state index in [0.29, 0.717) is 5.92 Å². The van der Waals surface area contributed by atoms with Crippen LogP contribution >= 0.6 is 0 Å². The predicted molar refractivity (Wildman–Crippen MR) is 154 cm³/mol. The molecular weight excluding hydrogens is 426 g/mol. The summed E-state index contributed by atoms with van der Waals surface area (Å²) in [5.41, 5.74) is 4.32. The van der Waals surface area contributed by atoms with Crippen LogP contribution in [0.25, 0.3) is 0 Å². The number of hydrogen-bond donors (Lipinski definition) is 0. The van der Waals surface area contributed by atoms with E-state index < -0.39 is 0 Å². The van der Waals surface area contributed by atoms with Crippen LogP contribution in [0.1, 0.15) is 118 Å². The molecule has 2 rings (SSSR count). The number of hydrogen-bond acceptors (Lipinski definition) is 2. The van der Waals surface area contributed by atoms with Crippen molar-refractivity contribution in [1.29, 1.82) is 0 Å². The van der Waals surface area contributed by atoms with Gasteiger partial charge in [0.15, 0.2) is 0 Å². The standard InChI is InChI=1S/C33H55NO/c1-14-24(4)27-17-26(18-28(19-27)30(6,7)8)20-33(15-2,16-3)25(5)35-29-21-31(9,10)23-34(13)32(11,12)22-29/h15,17-19,24,29H,2,5,14,16,20-23H2,1,3-4,6-13H3. The van der Waals surface area contributed by atoms with Gasteiger partial charge in [0.25, 0.3) is 0 Å². The van der Waals surface area contributed by atoms with Gasteiger partial charge in [-0.2, -0.15) is 0 Å². The highest BCUT2D eigenvalue weighted by Gasteiger charge is 2.40. The van der Waals surface area contributed by atoms with Crippen molar-refractivity contribution in [2.75, 3.05) is 13.6 Å². The maximum absolute atomic E-state index is 6.81.